The van der Waals surface area contributed by atoms with E-state index in [1.165, 1.54) is 4.88 Å². The van der Waals surface area contributed by atoms with E-state index in [1.807, 2.05) is 26.0 Å². The van der Waals surface area contributed by atoms with Crippen LogP contribution in [0.15, 0.2) is 30.3 Å². The second-order valence-electron chi connectivity index (χ2n) is 4.90. The van der Waals surface area contributed by atoms with Gasteiger partial charge < -0.3 is 5.32 Å². The fourth-order valence-electron chi connectivity index (χ4n) is 1.97. The molecule has 0 bridgehead atoms. The molecule has 0 aliphatic rings. The van der Waals surface area contributed by atoms with Crippen molar-refractivity contribution in [2.24, 2.45) is 0 Å². The van der Waals surface area contributed by atoms with Crippen LogP contribution < -0.4 is 5.32 Å². The molecule has 1 nitrogen and oxygen atoms in total. The van der Waals surface area contributed by atoms with Crippen LogP contribution in [0, 0.1) is 12.7 Å². The summed E-state index contributed by atoms with van der Waals surface area (Å²) in [7, 11) is 0. The molecule has 0 aliphatic carbocycles. The number of rotatable bonds is 4. The average molecular weight is 317 g/mol. The molecule has 1 heterocycles. The van der Waals surface area contributed by atoms with Crippen LogP contribution in [0.4, 0.5) is 17.6 Å². The van der Waals surface area contributed by atoms with Crippen LogP contribution in [0.2, 0.25) is 0 Å². The molecule has 0 amide bonds. The van der Waals surface area contributed by atoms with E-state index < -0.39 is 17.6 Å². The largest absolute Gasteiger partial charge is 0.416 e. The summed E-state index contributed by atoms with van der Waals surface area (Å²) in [5.41, 5.74) is -0.679. The molecule has 0 aliphatic heterocycles. The molecular formula is C15H15F4NS. The van der Waals surface area contributed by atoms with E-state index in [-0.39, 0.29) is 18.2 Å². The third-order valence-electron chi connectivity index (χ3n) is 3.09. The minimum atomic E-state index is -4.53. The van der Waals surface area contributed by atoms with Gasteiger partial charge in [-0.2, -0.15) is 13.2 Å². The van der Waals surface area contributed by atoms with Crippen molar-refractivity contribution in [2.45, 2.75) is 32.6 Å². The fourth-order valence-corrected chi connectivity index (χ4v) is 2.88. The molecule has 6 heteroatoms. The number of alkyl halides is 3. The van der Waals surface area contributed by atoms with Crippen molar-refractivity contribution < 1.29 is 17.6 Å². The van der Waals surface area contributed by atoms with E-state index in [2.05, 4.69) is 5.32 Å². The highest BCUT2D eigenvalue weighted by Gasteiger charge is 2.31. The normalized spacial score (nSPS) is 13.4. The van der Waals surface area contributed by atoms with Crippen molar-refractivity contribution >= 4 is 11.3 Å². The second kappa shape index (κ2) is 6.15. The number of halogens is 4. The molecule has 1 aromatic heterocycles. The molecule has 0 fully saturated rings. The molecule has 0 radical (unpaired) electrons. The summed E-state index contributed by atoms with van der Waals surface area (Å²) in [5, 5.41) is 3.11. The van der Waals surface area contributed by atoms with Gasteiger partial charge in [0.15, 0.2) is 0 Å². The first-order valence-electron chi connectivity index (χ1n) is 6.42. The van der Waals surface area contributed by atoms with Gasteiger partial charge in [0, 0.05) is 22.3 Å². The molecule has 0 spiro atoms. The molecule has 1 N–H and O–H groups in total. The SMILES string of the molecule is Cc1ccc(C(C)NCc2cc(F)cc(C(F)(F)F)c2)s1. The van der Waals surface area contributed by atoms with Gasteiger partial charge in [0.25, 0.3) is 0 Å². The third kappa shape index (κ3) is 4.28. The maximum atomic E-state index is 13.3. The Balaban J connectivity index is 2.08. The summed E-state index contributed by atoms with van der Waals surface area (Å²) in [4.78, 5) is 2.27. The van der Waals surface area contributed by atoms with E-state index in [0.29, 0.717) is 6.07 Å². The highest BCUT2D eigenvalue weighted by molar-refractivity contribution is 7.12. The van der Waals surface area contributed by atoms with E-state index in [9.17, 15) is 17.6 Å². The van der Waals surface area contributed by atoms with Crippen LogP contribution in [0.1, 0.15) is 33.8 Å². The van der Waals surface area contributed by atoms with Gasteiger partial charge in [-0.3, -0.25) is 0 Å². The van der Waals surface area contributed by atoms with Crippen LogP contribution in [0.25, 0.3) is 0 Å². The van der Waals surface area contributed by atoms with Gasteiger partial charge in [0.05, 0.1) is 5.56 Å². The molecule has 114 valence electrons. The van der Waals surface area contributed by atoms with Gasteiger partial charge in [-0.1, -0.05) is 0 Å². The van der Waals surface area contributed by atoms with Gasteiger partial charge in [0.2, 0.25) is 0 Å². The smallest absolute Gasteiger partial charge is 0.305 e. The van der Waals surface area contributed by atoms with Crippen molar-refractivity contribution in [3.63, 3.8) is 0 Å². The quantitative estimate of drug-likeness (QED) is 0.777. The lowest BCUT2D eigenvalue weighted by atomic mass is 10.1. The van der Waals surface area contributed by atoms with Crippen molar-refractivity contribution in [1.29, 1.82) is 0 Å². The Bertz CT molecular complexity index is 618. The molecule has 0 saturated heterocycles. The zero-order valence-electron chi connectivity index (χ0n) is 11.6. The Labute approximate surface area is 124 Å². The topological polar surface area (TPSA) is 12.0 Å². The van der Waals surface area contributed by atoms with E-state index in [1.54, 1.807) is 11.3 Å². The van der Waals surface area contributed by atoms with Crippen LogP contribution >= 0.6 is 11.3 Å². The van der Waals surface area contributed by atoms with Crippen molar-refractivity contribution in [3.05, 3.63) is 57.0 Å². The molecule has 0 saturated carbocycles. The standard InChI is InChI=1S/C15H15F4NS/c1-9-3-4-14(21-9)10(2)20-8-11-5-12(15(17,18)19)7-13(16)6-11/h3-7,10,20H,8H2,1-2H3. The number of nitrogens with one attached hydrogen (secondary N) is 1. The lowest BCUT2D eigenvalue weighted by molar-refractivity contribution is -0.137. The molecule has 2 aromatic rings. The number of benzene rings is 1. The maximum absolute atomic E-state index is 13.3. The summed E-state index contributed by atoms with van der Waals surface area (Å²) in [6.45, 7) is 4.09. The van der Waals surface area contributed by atoms with Crippen molar-refractivity contribution in [3.8, 4) is 0 Å². The molecule has 21 heavy (non-hydrogen) atoms. The Kier molecular flexibility index (Phi) is 4.68. The highest BCUT2D eigenvalue weighted by atomic mass is 32.1. The number of aryl methyl sites for hydroxylation is 1. The average Bonchev–Trinajstić information content (AvgIpc) is 2.81. The van der Waals surface area contributed by atoms with Gasteiger partial charge >= 0.3 is 6.18 Å². The first-order chi connectivity index (χ1) is 9.75. The predicted molar refractivity (Wildman–Crippen MR) is 75.7 cm³/mol. The minimum absolute atomic E-state index is 0.00121. The van der Waals surface area contributed by atoms with E-state index in [0.717, 1.165) is 17.0 Å². The fraction of sp³-hybridized carbons (Fsp3) is 0.333. The number of hydrogen-bond donors (Lipinski definition) is 1. The first kappa shape index (κ1) is 16.0. The Morgan fingerprint density at radius 1 is 1.19 bits per heavy atom. The summed E-state index contributed by atoms with van der Waals surface area (Å²) >= 11 is 1.62. The molecule has 2 rings (SSSR count). The van der Waals surface area contributed by atoms with Crippen LogP contribution in [-0.2, 0) is 12.7 Å². The van der Waals surface area contributed by atoms with E-state index >= 15 is 0 Å². The molecule has 1 unspecified atom stereocenters. The Morgan fingerprint density at radius 2 is 1.90 bits per heavy atom. The minimum Gasteiger partial charge on any atom is -0.305 e. The highest BCUT2D eigenvalue weighted by Crippen LogP contribution is 2.30. The van der Waals surface area contributed by atoms with Gasteiger partial charge in [-0.05, 0) is 49.7 Å². The molecular weight excluding hydrogens is 302 g/mol. The van der Waals surface area contributed by atoms with Gasteiger partial charge in [0.1, 0.15) is 5.82 Å². The maximum Gasteiger partial charge on any atom is 0.416 e. The summed E-state index contributed by atoms with van der Waals surface area (Å²) < 4.78 is 51.2. The van der Waals surface area contributed by atoms with Crippen molar-refractivity contribution in [2.75, 3.05) is 0 Å². The summed E-state index contributed by atoms with van der Waals surface area (Å²) in [5.74, 6) is -0.874. The Hall–Kier alpha value is -1.40. The first-order valence-corrected chi connectivity index (χ1v) is 7.24. The van der Waals surface area contributed by atoms with E-state index in [4.69, 9.17) is 0 Å². The molecule has 1 aromatic carbocycles. The van der Waals surface area contributed by atoms with Gasteiger partial charge in [-0.25, -0.2) is 4.39 Å². The predicted octanol–water partition coefficient (Wildman–Crippen LogP) is 5.07. The lowest BCUT2D eigenvalue weighted by Crippen LogP contribution is -2.18. The van der Waals surface area contributed by atoms with Crippen LogP contribution in [0.3, 0.4) is 0 Å². The summed E-state index contributed by atoms with van der Waals surface area (Å²) in [6, 6.07) is 6.57. The van der Waals surface area contributed by atoms with Crippen LogP contribution in [-0.4, -0.2) is 0 Å². The number of thiophene rings is 1. The third-order valence-corrected chi connectivity index (χ3v) is 4.27. The second-order valence-corrected chi connectivity index (χ2v) is 6.22. The number of hydrogen-bond acceptors (Lipinski definition) is 2. The monoisotopic (exact) mass is 317 g/mol. The molecule has 1 atom stereocenters. The summed E-state index contributed by atoms with van der Waals surface area (Å²) in [6.07, 6.45) is -4.53. The zero-order valence-corrected chi connectivity index (χ0v) is 12.4. The Morgan fingerprint density at radius 3 is 2.48 bits per heavy atom. The zero-order chi connectivity index (χ0) is 15.6. The van der Waals surface area contributed by atoms with Gasteiger partial charge in [-0.15, -0.1) is 11.3 Å². The van der Waals surface area contributed by atoms with Crippen LogP contribution in [0.5, 0.6) is 0 Å². The van der Waals surface area contributed by atoms with Crippen molar-refractivity contribution in [1.82, 2.24) is 5.32 Å². The lowest BCUT2D eigenvalue weighted by Gasteiger charge is -2.14.